The van der Waals surface area contributed by atoms with Crippen molar-refractivity contribution < 1.29 is 4.79 Å². The average Bonchev–Trinajstić information content (AvgIpc) is 3.03. The zero-order valence-corrected chi connectivity index (χ0v) is 10.5. The van der Waals surface area contributed by atoms with Crippen LogP contribution in [0.15, 0.2) is 0 Å². The van der Waals surface area contributed by atoms with Crippen LogP contribution < -0.4 is 10.6 Å². The number of likely N-dealkylation sites (tertiary alicyclic amines) is 1. The third-order valence-corrected chi connectivity index (χ3v) is 4.27. The van der Waals surface area contributed by atoms with Crippen LogP contribution in [0.2, 0.25) is 0 Å². The second kappa shape index (κ2) is 4.94. The zero-order chi connectivity index (χ0) is 11.7. The van der Waals surface area contributed by atoms with Crippen molar-refractivity contribution in [2.75, 3.05) is 26.2 Å². The Bertz CT molecular complexity index is 276. The molecule has 0 radical (unpaired) electrons. The normalized spacial score (nSPS) is 33.4. The van der Waals surface area contributed by atoms with E-state index in [0.29, 0.717) is 18.5 Å². The summed E-state index contributed by atoms with van der Waals surface area (Å²) in [5.41, 5.74) is 0. The lowest BCUT2D eigenvalue weighted by Crippen LogP contribution is -2.40. The van der Waals surface area contributed by atoms with E-state index < -0.39 is 0 Å². The SMILES string of the molecule is O=C(CCN1C[C@@H]2CCCN[C@@H]2C1)NC1CC1. The predicted molar refractivity (Wildman–Crippen MR) is 66.7 cm³/mol. The molecule has 17 heavy (non-hydrogen) atoms. The molecule has 2 aliphatic heterocycles. The lowest BCUT2D eigenvalue weighted by Gasteiger charge is -2.24. The molecule has 1 aliphatic carbocycles. The number of nitrogens with one attached hydrogen (secondary N) is 2. The molecule has 2 heterocycles. The van der Waals surface area contributed by atoms with Gasteiger partial charge in [-0.05, 0) is 38.1 Å². The fourth-order valence-electron chi connectivity index (χ4n) is 3.11. The first-order valence-corrected chi connectivity index (χ1v) is 7.06. The van der Waals surface area contributed by atoms with Crippen molar-refractivity contribution in [2.45, 2.75) is 44.2 Å². The maximum absolute atomic E-state index is 11.6. The van der Waals surface area contributed by atoms with Gasteiger partial charge >= 0.3 is 0 Å². The maximum Gasteiger partial charge on any atom is 0.221 e. The van der Waals surface area contributed by atoms with Crippen molar-refractivity contribution in [3.63, 3.8) is 0 Å². The Hall–Kier alpha value is -0.610. The second-order valence-electron chi connectivity index (χ2n) is 5.81. The molecular weight excluding hydrogens is 214 g/mol. The first kappa shape index (κ1) is 11.5. The molecule has 1 amide bonds. The molecule has 0 unspecified atom stereocenters. The number of fused-ring (bicyclic) bond motifs is 1. The largest absolute Gasteiger partial charge is 0.353 e. The van der Waals surface area contributed by atoms with Gasteiger partial charge in [-0.3, -0.25) is 4.79 Å². The van der Waals surface area contributed by atoms with E-state index in [1.165, 1.54) is 38.8 Å². The van der Waals surface area contributed by atoms with Gasteiger partial charge in [0.25, 0.3) is 0 Å². The average molecular weight is 237 g/mol. The van der Waals surface area contributed by atoms with Crippen molar-refractivity contribution in [3.8, 4) is 0 Å². The number of rotatable bonds is 4. The van der Waals surface area contributed by atoms with Gasteiger partial charge in [-0.15, -0.1) is 0 Å². The molecule has 2 N–H and O–H groups in total. The van der Waals surface area contributed by atoms with E-state index in [1.807, 2.05) is 0 Å². The lowest BCUT2D eigenvalue weighted by molar-refractivity contribution is -0.121. The summed E-state index contributed by atoms with van der Waals surface area (Å²) in [5.74, 6) is 1.07. The van der Waals surface area contributed by atoms with Crippen molar-refractivity contribution in [3.05, 3.63) is 0 Å². The standard InChI is InChI=1S/C13H23N3O/c17-13(15-11-3-4-11)5-7-16-8-10-2-1-6-14-12(10)9-16/h10-12,14H,1-9H2,(H,15,17)/t10-,12+/m0/s1. The number of carbonyl (C=O) groups excluding carboxylic acids is 1. The summed E-state index contributed by atoms with van der Waals surface area (Å²) >= 11 is 0. The molecule has 0 aromatic heterocycles. The molecular formula is C13H23N3O. The Morgan fingerprint density at radius 3 is 2.94 bits per heavy atom. The quantitative estimate of drug-likeness (QED) is 0.741. The van der Waals surface area contributed by atoms with Crippen molar-refractivity contribution in [2.24, 2.45) is 5.92 Å². The van der Waals surface area contributed by atoms with E-state index in [2.05, 4.69) is 15.5 Å². The molecule has 3 fully saturated rings. The first-order valence-electron chi connectivity index (χ1n) is 7.06. The first-order chi connectivity index (χ1) is 8.31. The number of piperidine rings is 1. The Morgan fingerprint density at radius 1 is 1.29 bits per heavy atom. The predicted octanol–water partition coefficient (Wildman–Crippen LogP) is 0.339. The molecule has 1 saturated carbocycles. The molecule has 4 nitrogen and oxygen atoms in total. The van der Waals surface area contributed by atoms with E-state index >= 15 is 0 Å². The molecule has 0 aromatic rings. The molecule has 0 bridgehead atoms. The third-order valence-electron chi connectivity index (χ3n) is 4.27. The van der Waals surface area contributed by atoms with Gasteiger partial charge in [0, 0.05) is 38.1 Å². The van der Waals surface area contributed by atoms with Gasteiger partial charge in [-0.1, -0.05) is 0 Å². The maximum atomic E-state index is 11.6. The fourth-order valence-corrected chi connectivity index (χ4v) is 3.11. The summed E-state index contributed by atoms with van der Waals surface area (Å²) in [6, 6.07) is 1.19. The van der Waals surface area contributed by atoms with Crippen LogP contribution in [0.3, 0.4) is 0 Å². The Kier molecular flexibility index (Phi) is 3.34. The highest BCUT2D eigenvalue weighted by atomic mass is 16.1. The molecule has 0 aromatic carbocycles. The number of hydrogen-bond donors (Lipinski definition) is 2. The summed E-state index contributed by atoms with van der Waals surface area (Å²) in [6.07, 6.45) is 5.72. The van der Waals surface area contributed by atoms with E-state index in [9.17, 15) is 4.79 Å². The molecule has 0 spiro atoms. The number of hydrogen-bond acceptors (Lipinski definition) is 3. The van der Waals surface area contributed by atoms with Gasteiger partial charge in [-0.2, -0.15) is 0 Å². The summed E-state index contributed by atoms with van der Waals surface area (Å²) in [7, 11) is 0. The van der Waals surface area contributed by atoms with Crippen LogP contribution in [0.4, 0.5) is 0 Å². The highest BCUT2D eigenvalue weighted by Crippen LogP contribution is 2.24. The summed E-state index contributed by atoms with van der Waals surface area (Å²) in [5, 5.41) is 6.66. The molecule has 4 heteroatoms. The van der Waals surface area contributed by atoms with Gasteiger partial charge in [-0.25, -0.2) is 0 Å². The fraction of sp³-hybridized carbons (Fsp3) is 0.923. The van der Waals surface area contributed by atoms with Crippen LogP contribution in [-0.2, 0) is 4.79 Å². The number of amides is 1. The van der Waals surface area contributed by atoms with Crippen LogP contribution in [0.5, 0.6) is 0 Å². The Labute approximate surface area is 103 Å². The lowest BCUT2D eigenvalue weighted by atomic mass is 9.94. The third kappa shape index (κ3) is 2.99. The minimum absolute atomic E-state index is 0.246. The minimum Gasteiger partial charge on any atom is -0.353 e. The second-order valence-corrected chi connectivity index (χ2v) is 5.81. The van der Waals surface area contributed by atoms with Crippen LogP contribution in [0.1, 0.15) is 32.1 Å². The van der Waals surface area contributed by atoms with Crippen LogP contribution in [0, 0.1) is 5.92 Å². The van der Waals surface area contributed by atoms with Gasteiger partial charge < -0.3 is 15.5 Å². The summed E-state index contributed by atoms with van der Waals surface area (Å²) < 4.78 is 0. The van der Waals surface area contributed by atoms with Crippen LogP contribution in [-0.4, -0.2) is 49.1 Å². The van der Waals surface area contributed by atoms with Crippen LogP contribution in [0.25, 0.3) is 0 Å². The Balaban J connectivity index is 1.39. The minimum atomic E-state index is 0.246. The molecule has 96 valence electrons. The highest BCUT2D eigenvalue weighted by molar-refractivity contribution is 5.76. The van der Waals surface area contributed by atoms with Crippen molar-refractivity contribution in [1.29, 1.82) is 0 Å². The molecule has 2 atom stereocenters. The van der Waals surface area contributed by atoms with Gasteiger partial charge in [0.1, 0.15) is 0 Å². The van der Waals surface area contributed by atoms with E-state index in [0.717, 1.165) is 19.0 Å². The molecule has 3 rings (SSSR count). The molecule has 2 saturated heterocycles. The molecule has 3 aliphatic rings. The number of carbonyl (C=O) groups is 1. The number of nitrogens with zero attached hydrogens (tertiary/aromatic N) is 1. The van der Waals surface area contributed by atoms with E-state index in [1.54, 1.807) is 0 Å². The van der Waals surface area contributed by atoms with E-state index in [-0.39, 0.29) is 5.91 Å². The summed E-state index contributed by atoms with van der Waals surface area (Å²) in [4.78, 5) is 14.1. The Morgan fingerprint density at radius 2 is 2.18 bits per heavy atom. The highest BCUT2D eigenvalue weighted by Gasteiger charge is 2.34. The van der Waals surface area contributed by atoms with Crippen molar-refractivity contribution in [1.82, 2.24) is 15.5 Å². The monoisotopic (exact) mass is 237 g/mol. The van der Waals surface area contributed by atoms with E-state index in [4.69, 9.17) is 0 Å². The topological polar surface area (TPSA) is 44.4 Å². The van der Waals surface area contributed by atoms with Gasteiger partial charge in [0.15, 0.2) is 0 Å². The van der Waals surface area contributed by atoms with Gasteiger partial charge in [0.05, 0.1) is 0 Å². The van der Waals surface area contributed by atoms with Gasteiger partial charge in [0.2, 0.25) is 5.91 Å². The zero-order valence-electron chi connectivity index (χ0n) is 10.5. The van der Waals surface area contributed by atoms with Crippen molar-refractivity contribution >= 4 is 5.91 Å². The smallest absolute Gasteiger partial charge is 0.221 e. The summed E-state index contributed by atoms with van der Waals surface area (Å²) in [6.45, 7) is 4.44. The van der Waals surface area contributed by atoms with Crippen LogP contribution >= 0.6 is 0 Å².